The Bertz CT molecular complexity index is 764. The topological polar surface area (TPSA) is 42.6 Å². The van der Waals surface area contributed by atoms with E-state index in [1.54, 1.807) is 24.3 Å². The lowest BCUT2D eigenvalue weighted by Gasteiger charge is -2.13. The molecule has 0 aliphatic rings. The molecule has 0 aliphatic carbocycles. The molecular formula is C17H15FO3. The average molecular weight is 286 g/mol. The van der Waals surface area contributed by atoms with E-state index in [4.69, 9.17) is 9.15 Å². The van der Waals surface area contributed by atoms with Gasteiger partial charge in [0, 0.05) is 10.9 Å². The predicted molar refractivity (Wildman–Crippen MR) is 77.8 cm³/mol. The second kappa shape index (κ2) is 5.58. The van der Waals surface area contributed by atoms with Crippen LogP contribution < -0.4 is 4.74 Å². The van der Waals surface area contributed by atoms with Crippen LogP contribution in [0, 0.1) is 5.82 Å². The van der Waals surface area contributed by atoms with Crippen molar-refractivity contribution >= 4 is 11.0 Å². The molecule has 2 aromatic carbocycles. The smallest absolute Gasteiger partial charge is 0.140 e. The molecule has 1 N–H and O–H groups in total. The van der Waals surface area contributed by atoms with Gasteiger partial charge in [0.1, 0.15) is 29.0 Å². The number of ether oxygens (including phenoxy) is 1. The molecule has 108 valence electrons. The van der Waals surface area contributed by atoms with Crippen molar-refractivity contribution in [3.8, 4) is 5.75 Å². The molecule has 21 heavy (non-hydrogen) atoms. The van der Waals surface area contributed by atoms with Crippen molar-refractivity contribution in [2.75, 3.05) is 6.61 Å². The molecule has 0 saturated heterocycles. The fourth-order valence-electron chi connectivity index (χ4n) is 2.32. The van der Waals surface area contributed by atoms with Gasteiger partial charge in [-0.2, -0.15) is 0 Å². The summed E-state index contributed by atoms with van der Waals surface area (Å²) in [4.78, 5) is 0. The van der Waals surface area contributed by atoms with Crippen LogP contribution in [0.3, 0.4) is 0 Å². The maximum atomic E-state index is 13.2. The summed E-state index contributed by atoms with van der Waals surface area (Å²) in [6.45, 7) is 2.39. The fraction of sp³-hybridized carbons (Fsp3) is 0.176. The number of fused-ring (bicyclic) bond motifs is 1. The number of hydrogen-bond donors (Lipinski definition) is 1. The van der Waals surface area contributed by atoms with Crippen LogP contribution in [0.2, 0.25) is 0 Å². The van der Waals surface area contributed by atoms with Crippen molar-refractivity contribution in [3.05, 3.63) is 65.7 Å². The summed E-state index contributed by atoms with van der Waals surface area (Å²) in [5, 5.41) is 11.1. The van der Waals surface area contributed by atoms with Crippen LogP contribution in [-0.2, 0) is 0 Å². The van der Waals surface area contributed by atoms with Crippen LogP contribution in [0.25, 0.3) is 11.0 Å². The van der Waals surface area contributed by atoms with Crippen LogP contribution in [0.5, 0.6) is 5.75 Å². The number of furan rings is 1. The molecule has 3 rings (SSSR count). The highest BCUT2D eigenvalue weighted by Crippen LogP contribution is 2.33. The zero-order chi connectivity index (χ0) is 14.8. The highest BCUT2D eigenvalue weighted by atomic mass is 19.1. The van der Waals surface area contributed by atoms with Crippen molar-refractivity contribution in [1.29, 1.82) is 0 Å². The van der Waals surface area contributed by atoms with Gasteiger partial charge in [-0.05, 0) is 37.3 Å². The van der Waals surface area contributed by atoms with Gasteiger partial charge in [-0.1, -0.05) is 18.2 Å². The zero-order valence-electron chi connectivity index (χ0n) is 11.5. The number of aliphatic hydroxyl groups excluding tert-OH is 1. The molecule has 3 nitrogen and oxygen atoms in total. The number of aliphatic hydroxyl groups is 1. The van der Waals surface area contributed by atoms with Crippen molar-refractivity contribution in [2.24, 2.45) is 0 Å². The summed E-state index contributed by atoms with van der Waals surface area (Å²) in [6, 6.07) is 13.1. The second-order valence-corrected chi connectivity index (χ2v) is 4.70. The van der Waals surface area contributed by atoms with Crippen LogP contribution in [0.1, 0.15) is 24.4 Å². The maximum Gasteiger partial charge on any atom is 0.140 e. The predicted octanol–water partition coefficient (Wildman–Crippen LogP) is 4.05. The van der Waals surface area contributed by atoms with Gasteiger partial charge in [-0.25, -0.2) is 4.39 Å². The van der Waals surface area contributed by atoms with E-state index in [2.05, 4.69) is 0 Å². The third-order valence-corrected chi connectivity index (χ3v) is 3.28. The Balaban J connectivity index is 2.02. The molecule has 1 heterocycles. The molecule has 4 heteroatoms. The van der Waals surface area contributed by atoms with E-state index < -0.39 is 6.10 Å². The van der Waals surface area contributed by atoms with Gasteiger partial charge in [0.05, 0.1) is 6.61 Å². The van der Waals surface area contributed by atoms with E-state index in [0.29, 0.717) is 34.6 Å². The van der Waals surface area contributed by atoms with Gasteiger partial charge in [-0.3, -0.25) is 0 Å². The van der Waals surface area contributed by atoms with Crippen LogP contribution in [0.4, 0.5) is 4.39 Å². The lowest BCUT2D eigenvalue weighted by Crippen LogP contribution is -2.02. The van der Waals surface area contributed by atoms with Crippen molar-refractivity contribution in [1.82, 2.24) is 0 Å². The Morgan fingerprint density at radius 2 is 2.00 bits per heavy atom. The first-order chi connectivity index (χ1) is 10.2. The number of para-hydroxylation sites is 1. The number of halogens is 1. The maximum absolute atomic E-state index is 13.2. The summed E-state index contributed by atoms with van der Waals surface area (Å²) in [5.74, 6) is 0.640. The highest BCUT2D eigenvalue weighted by Gasteiger charge is 2.19. The average Bonchev–Trinajstić information content (AvgIpc) is 2.90. The lowest BCUT2D eigenvalue weighted by atomic mass is 10.1. The molecule has 1 atom stereocenters. The van der Waals surface area contributed by atoms with Crippen LogP contribution in [-0.4, -0.2) is 11.7 Å². The molecule has 0 bridgehead atoms. The first-order valence-electron chi connectivity index (χ1n) is 6.78. The van der Waals surface area contributed by atoms with E-state index >= 15 is 0 Å². The molecule has 3 aromatic rings. The number of benzene rings is 2. The molecule has 0 fully saturated rings. The lowest BCUT2D eigenvalue weighted by molar-refractivity contribution is 0.186. The molecule has 0 amide bonds. The number of rotatable bonds is 4. The first kappa shape index (κ1) is 13.6. The van der Waals surface area contributed by atoms with Gasteiger partial charge in [0.25, 0.3) is 0 Å². The Hall–Kier alpha value is -2.33. The molecule has 0 radical (unpaired) electrons. The van der Waals surface area contributed by atoms with Crippen molar-refractivity contribution < 1.29 is 18.7 Å². The van der Waals surface area contributed by atoms with Crippen LogP contribution in [0.15, 0.2) is 52.9 Å². The number of hydrogen-bond acceptors (Lipinski definition) is 3. The normalized spacial score (nSPS) is 12.5. The highest BCUT2D eigenvalue weighted by molar-refractivity contribution is 5.78. The molecule has 1 unspecified atom stereocenters. The van der Waals surface area contributed by atoms with E-state index in [1.165, 1.54) is 12.1 Å². The fourth-order valence-corrected chi connectivity index (χ4v) is 2.32. The Morgan fingerprint density at radius 1 is 1.19 bits per heavy atom. The summed E-state index contributed by atoms with van der Waals surface area (Å²) in [5.41, 5.74) is 1.17. The third-order valence-electron chi connectivity index (χ3n) is 3.28. The SMILES string of the molecule is CCOc1ccccc1C(O)c1cc2cc(F)ccc2o1. The minimum Gasteiger partial charge on any atom is -0.493 e. The summed E-state index contributed by atoms with van der Waals surface area (Å²) >= 11 is 0. The van der Waals surface area contributed by atoms with Gasteiger partial charge in [0.15, 0.2) is 0 Å². The van der Waals surface area contributed by atoms with Gasteiger partial charge in [-0.15, -0.1) is 0 Å². The summed E-state index contributed by atoms with van der Waals surface area (Å²) in [6.07, 6.45) is -0.955. The molecule has 0 saturated carbocycles. The minimum absolute atomic E-state index is 0.334. The molecule has 0 aliphatic heterocycles. The van der Waals surface area contributed by atoms with E-state index in [1.807, 2.05) is 19.1 Å². The molecule has 1 aromatic heterocycles. The van der Waals surface area contributed by atoms with E-state index in [0.717, 1.165) is 0 Å². The Kier molecular flexibility index (Phi) is 3.62. The zero-order valence-corrected chi connectivity index (χ0v) is 11.5. The monoisotopic (exact) mass is 286 g/mol. The Morgan fingerprint density at radius 3 is 2.81 bits per heavy atom. The Labute approximate surface area is 121 Å². The van der Waals surface area contributed by atoms with Crippen molar-refractivity contribution in [2.45, 2.75) is 13.0 Å². The van der Waals surface area contributed by atoms with Crippen molar-refractivity contribution in [3.63, 3.8) is 0 Å². The van der Waals surface area contributed by atoms with E-state index in [-0.39, 0.29) is 5.82 Å². The third kappa shape index (κ3) is 2.62. The minimum atomic E-state index is -0.955. The van der Waals surface area contributed by atoms with E-state index in [9.17, 15) is 9.50 Å². The second-order valence-electron chi connectivity index (χ2n) is 4.70. The quantitative estimate of drug-likeness (QED) is 0.786. The summed E-state index contributed by atoms with van der Waals surface area (Å²) < 4.78 is 24.3. The van der Waals surface area contributed by atoms with Gasteiger partial charge in [0.2, 0.25) is 0 Å². The molecule has 0 spiro atoms. The molecular weight excluding hydrogens is 271 g/mol. The summed E-state index contributed by atoms with van der Waals surface area (Å²) in [7, 11) is 0. The van der Waals surface area contributed by atoms with Gasteiger partial charge < -0.3 is 14.3 Å². The standard InChI is InChI=1S/C17H15FO3/c1-2-20-15-6-4-3-5-13(15)17(19)16-10-11-9-12(18)7-8-14(11)21-16/h3-10,17,19H,2H2,1H3. The largest absolute Gasteiger partial charge is 0.493 e. The van der Waals surface area contributed by atoms with Gasteiger partial charge >= 0.3 is 0 Å². The first-order valence-corrected chi connectivity index (χ1v) is 6.78. The van der Waals surface area contributed by atoms with Crippen LogP contribution >= 0.6 is 0 Å².